The minimum atomic E-state index is -3.30. The molecule has 17 heavy (non-hydrogen) atoms. The number of hydrogen-bond donors (Lipinski definition) is 0. The zero-order valence-corrected chi connectivity index (χ0v) is 11.3. The first-order valence-electron chi connectivity index (χ1n) is 6.13. The molecule has 1 fully saturated rings. The predicted molar refractivity (Wildman–Crippen MR) is 65.0 cm³/mol. The lowest BCUT2D eigenvalue weighted by Crippen LogP contribution is -2.38. The Labute approximate surface area is 103 Å². The zero-order valence-electron chi connectivity index (χ0n) is 10.5. The third-order valence-electron chi connectivity index (χ3n) is 2.62. The summed E-state index contributed by atoms with van der Waals surface area (Å²) in [6.07, 6.45) is 2.67. The maximum absolute atomic E-state index is 12.0. The van der Waals surface area contributed by atoms with Crippen molar-refractivity contribution < 1.29 is 17.9 Å². The van der Waals surface area contributed by atoms with Crippen molar-refractivity contribution in [2.24, 2.45) is 5.92 Å². The fourth-order valence-electron chi connectivity index (χ4n) is 1.60. The molecular formula is C11H21NO4S. The van der Waals surface area contributed by atoms with Gasteiger partial charge < -0.3 is 4.74 Å². The second-order valence-electron chi connectivity index (χ2n) is 4.36. The second-order valence-corrected chi connectivity index (χ2v) is 6.37. The van der Waals surface area contributed by atoms with Crippen molar-refractivity contribution in [3.05, 3.63) is 0 Å². The summed E-state index contributed by atoms with van der Waals surface area (Å²) in [5, 5.41) is 0. The number of esters is 1. The van der Waals surface area contributed by atoms with E-state index in [1.165, 1.54) is 4.31 Å². The topological polar surface area (TPSA) is 63.7 Å². The van der Waals surface area contributed by atoms with Crippen molar-refractivity contribution in [3.8, 4) is 0 Å². The average Bonchev–Trinajstić information content (AvgIpc) is 3.00. The molecule has 6 heteroatoms. The SMILES string of the molecule is CCCN(CC(=O)OCC)S(=O)(=O)CC1CC1. The summed E-state index contributed by atoms with van der Waals surface area (Å²) in [5.41, 5.74) is 0. The van der Waals surface area contributed by atoms with Crippen molar-refractivity contribution in [3.63, 3.8) is 0 Å². The van der Waals surface area contributed by atoms with Crippen LogP contribution in [0.25, 0.3) is 0 Å². The lowest BCUT2D eigenvalue weighted by Gasteiger charge is -2.20. The highest BCUT2D eigenvalue weighted by molar-refractivity contribution is 7.89. The van der Waals surface area contributed by atoms with E-state index in [-0.39, 0.29) is 18.9 Å². The zero-order chi connectivity index (χ0) is 12.9. The van der Waals surface area contributed by atoms with Gasteiger partial charge in [0.05, 0.1) is 12.4 Å². The first kappa shape index (κ1) is 14.4. The molecule has 1 aliphatic rings. The van der Waals surface area contributed by atoms with Crippen molar-refractivity contribution in [1.82, 2.24) is 4.31 Å². The standard InChI is InChI=1S/C11H21NO4S/c1-3-7-12(8-11(13)16-4-2)17(14,15)9-10-5-6-10/h10H,3-9H2,1-2H3. The molecule has 0 aromatic rings. The number of nitrogens with zero attached hydrogens (tertiary/aromatic N) is 1. The first-order valence-corrected chi connectivity index (χ1v) is 7.74. The molecule has 0 radical (unpaired) electrons. The molecule has 0 heterocycles. The van der Waals surface area contributed by atoms with Gasteiger partial charge in [-0.1, -0.05) is 6.92 Å². The van der Waals surface area contributed by atoms with Gasteiger partial charge >= 0.3 is 5.97 Å². The van der Waals surface area contributed by atoms with Gasteiger partial charge in [0.15, 0.2) is 0 Å². The summed E-state index contributed by atoms with van der Waals surface area (Å²) in [5.74, 6) is -0.00580. The molecule has 0 aliphatic heterocycles. The molecule has 0 bridgehead atoms. The predicted octanol–water partition coefficient (Wildman–Crippen LogP) is 1.00. The molecule has 0 aromatic carbocycles. The monoisotopic (exact) mass is 263 g/mol. The number of carbonyl (C=O) groups is 1. The molecule has 0 aromatic heterocycles. The summed E-state index contributed by atoms with van der Waals surface area (Å²) in [7, 11) is -3.30. The van der Waals surface area contributed by atoms with E-state index in [9.17, 15) is 13.2 Å². The van der Waals surface area contributed by atoms with Crippen molar-refractivity contribution in [1.29, 1.82) is 0 Å². The number of ether oxygens (including phenoxy) is 1. The average molecular weight is 263 g/mol. The van der Waals surface area contributed by atoms with Gasteiger partial charge in [-0.15, -0.1) is 0 Å². The number of rotatable bonds is 8. The Balaban J connectivity index is 2.59. The van der Waals surface area contributed by atoms with Crippen LogP contribution in [-0.4, -0.2) is 44.1 Å². The minimum Gasteiger partial charge on any atom is -0.465 e. The van der Waals surface area contributed by atoms with Crippen molar-refractivity contribution in [2.45, 2.75) is 33.1 Å². The second kappa shape index (κ2) is 6.35. The number of hydrogen-bond acceptors (Lipinski definition) is 4. The molecular weight excluding hydrogens is 242 g/mol. The summed E-state index contributed by atoms with van der Waals surface area (Å²) in [6.45, 7) is 4.11. The molecule has 5 nitrogen and oxygen atoms in total. The van der Waals surface area contributed by atoms with E-state index in [0.717, 1.165) is 12.8 Å². The Bertz CT molecular complexity index is 348. The maximum Gasteiger partial charge on any atom is 0.321 e. The summed E-state index contributed by atoms with van der Waals surface area (Å²) in [6, 6.07) is 0. The highest BCUT2D eigenvalue weighted by Crippen LogP contribution is 2.31. The molecule has 0 atom stereocenters. The third kappa shape index (κ3) is 5.04. The van der Waals surface area contributed by atoms with Crippen LogP contribution >= 0.6 is 0 Å². The van der Waals surface area contributed by atoms with Gasteiger partial charge in [-0.25, -0.2) is 8.42 Å². The van der Waals surface area contributed by atoms with E-state index >= 15 is 0 Å². The van der Waals surface area contributed by atoms with Crippen LogP contribution in [0.2, 0.25) is 0 Å². The van der Waals surface area contributed by atoms with Crippen LogP contribution < -0.4 is 0 Å². The quantitative estimate of drug-likeness (QED) is 0.613. The van der Waals surface area contributed by atoms with Gasteiger partial charge in [0, 0.05) is 6.54 Å². The summed E-state index contributed by atoms with van der Waals surface area (Å²) < 4.78 is 30.1. The van der Waals surface area contributed by atoms with Crippen LogP contribution in [0.3, 0.4) is 0 Å². The highest BCUT2D eigenvalue weighted by Gasteiger charge is 2.32. The third-order valence-corrected chi connectivity index (χ3v) is 4.61. The highest BCUT2D eigenvalue weighted by atomic mass is 32.2. The molecule has 100 valence electrons. The van der Waals surface area contributed by atoms with E-state index in [2.05, 4.69) is 0 Å². The Morgan fingerprint density at radius 1 is 1.35 bits per heavy atom. The molecule has 1 aliphatic carbocycles. The lowest BCUT2D eigenvalue weighted by molar-refractivity contribution is -0.143. The smallest absolute Gasteiger partial charge is 0.321 e. The van der Waals surface area contributed by atoms with Crippen molar-refractivity contribution in [2.75, 3.05) is 25.4 Å². The van der Waals surface area contributed by atoms with Crippen LogP contribution in [0, 0.1) is 5.92 Å². The maximum atomic E-state index is 12.0. The van der Waals surface area contributed by atoms with Gasteiger partial charge in [-0.05, 0) is 32.1 Å². The first-order chi connectivity index (χ1) is 7.99. The fraction of sp³-hybridized carbons (Fsp3) is 0.909. The Kier molecular flexibility index (Phi) is 5.39. The van der Waals surface area contributed by atoms with Crippen LogP contribution in [0.4, 0.5) is 0 Å². The lowest BCUT2D eigenvalue weighted by atomic mass is 10.5. The van der Waals surface area contributed by atoms with Gasteiger partial charge in [0.1, 0.15) is 6.54 Å². The van der Waals surface area contributed by atoms with Gasteiger partial charge in [0.2, 0.25) is 10.0 Å². The molecule has 0 saturated heterocycles. The van der Waals surface area contributed by atoms with Crippen LogP contribution in [-0.2, 0) is 19.6 Å². The van der Waals surface area contributed by atoms with Gasteiger partial charge in [-0.2, -0.15) is 4.31 Å². The van der Waals surface area contributed by atoms with E-state index in [4.69, 9.17) is 4.74 Å². The van der Waals surface area contributed by atoms with E-state index in [0.29, 0.717) is 18.9 Å². The molecule has 1 rings (SSSR count). The van der Waals surface area contributed by atoms with Gasteiger partial charge in [0.25, 0.3) is 0 Å². The summed E-state index contributed by atoms with van der Waals surface area (Å²) >= 11 is 0. The normalized spacial score (nSPS) is 16.2. The molecule has 0 amide bonds. The van der Waals surface area contributed by atoms with E-state index < -0.39 is 16.0 Å². The minimum absolute atomic E-state index is 0.156. The molecule has 1 saturated carbocycles. The Morgan fingerprint density at radius 2 is 2.00 bits per heavy atom. The number of sulfonamides is 1. The van der Waals surface area contributed by atoms with Crippen molar-refractivity contribution >= 4 is 16.0 Å². The molecule has 0 unspecified atom stereocenters. The Morgan fingerprint density at radius 3 is 2.47 bits per heavy atom. The molecule has 0 spiro atoms. The van der Waals surface area contributed by atoms with E-state index in [1.807, 2.05) is 6.92 Å². The van der Waals surface area contributed by atoms with Crippen LogP contribution in [0.1, 0.15) is 33.1 Å². The summed E-state index contributed by atoms with van der Waals surface area (Å²) in [4.78, 5) is 11.3. The van der Waals surface area contributed by atoms with Crippen LogP contribution in [0.15, 0.2) is 0 Å². The Hall–Kier alpha value is -0.620. The number of carbonyl (C=O) groups excluding carboxylic acids is 1. The fourth-order valence-corrected chi connectivity index (χ4v) is 3.51. The van der Waals surface area contributed by atoms with Crippen LogP contribution in [0.5, 0.6) is 0 Å². The largest absolute Gasteiger partial charge is 0.465 e. The van der Waals surface area contributed by atoms with Gasteiger partial charge in [-0.3, -0.25) is 4.79 Å². The molecule has 0 N–H and O–H groups in total. The van der Waals surface area contributed by atoms with E-state index in [1.54, 1.807) is 6.92 Å².